The van der Waals surface area contributed by atoms with Crippen molar-refractivity contribution in [3.63, 3.8) is 0 Å². The highest BCUT2D eigenvalue weighted by Gasteiger charge is 2.48. The molecular weight excluding hydrogens is 335 g/mol. The van der Waals surface area contributed by atoms with Crippen molar-refractivity contribution in [2.24, 2.45) is 0 Å². The fourth-order valence-electron chi connectivity index (χ4n) is 3.72. The predicted octanol–water partition coefficient (Wildman–Crippen LogP) is 5.01. The summed E-state index contributed by atoms with van der Waals surface area (Å²) in [5.41, 5.74) is 3.10. The lowest BCUT2D eigenvalue weighted by Crippen LogP contribution is -2.36. The second-order valence-electron chi connectivity index (χ2n) is 7.19. The Morgan fingerprint density at radius 1 is 0.615 bits per heavy atom. The molecule has 0 spiro atoms. The van der Waals surface area contributed by atoms with E-state index in [2.05, 4.69) is 100 Å². The minimum absolute atomic E-state index is 0.501. The molecule has 0 aliphatic rings. The summed E-state index contributed by atoms with van der Waals surface area (Å²) in [6.07, 6.45) is 0. The van der Waals surface area contributed by atoms with Crippen LogP contribution in [0, 0.1) is 13.8 Å². The van der Waals surface area contributed by atoms with Crippen molar-refractivity contribution in [2.75, 3.05) is 7.11 Å². The first kappa shape index (κ1) is 18.7. The van der Waals surface area contributed by atoms with E-state index in [1.807, 2.05) is 0 Å². The van der Waals surface area contributed by atoms with Gasteiger partial charge in [0.2, 0.25) is 0 Å². The van der Waals surface area contributed by atoms with Crippen LogP contribution in [0.15, 0.2) is 72.8 Å². The van der Waals surface area contributed by atoms with E-state index >= 15 is 0 Å². The normalized spacial score (nSPS) is 11.6. The van der Waals surface area contributed by atoms with Crippen LogP contribution in [-0.2, 0) is 0 Å². The molecule has 0 saturated heterocycles. The number of hydrogen-bond acceptors (Lipinski definition) is 1. The van der Waals surface area contributed by atoms with Crippen molar-refractivity contribution in [3.05, 3.63) is 83.9 Å². The fraction of sp³-hybridized carbons (Fsp3) is 0.250. The Bertz CT molecular complexity index is 801. The van der Waals surface area contributed by atoms with Gasteiger partial charge in [-0.1, -0.05) is 35.4 Å². The van der Waals surface area contributed by atoms with Crippen molar-refractivity contribution in [1.29, 1.82) is 0 Å². The first-order chi connectivity index (χ1) is 12.5. The van der Waals surface area contributed by atoms with E-state index in [0.29, 0.717) is 5.66 Å². The molecular formula is C24H28OP+. The largest absolute Gasteiger partial charge is 0.497 e. The van der Waals surface area contributed by atoms with Crippen molar-refractivity contribution in [2.45, 2.75) is 33.4 Å². The molecule has 3 rings (SSSR count). The summed E-state index contributed by atoms with van der Waals surface area (Å²) in [7, 11) is -0.0288. The van der Waals surface area contributed by atoms with Crippen LogP contribution in [0.25, 0.3) is 0 Å². The molecule has 1 nitrogen and oxygen atoms in total. The summed E-state index contributed by atoms with van der Waals surface area (Å²) in [5, 5.41) is 4.28. The Morgan fingerprint density at radius 3 is 1.27 bits per heavy atom. The van der Waals surface area contributed by atoms with Gasteiger partial charge < -0.3 is 4.74 Å². The van der Waals surface area contributed by atoms with Crippen LogP contribution in [0.2, 0.25) is 0 Å². The number of rotatable bonds is 5. The molecule has 0 aliphatic heterocycles. The molecule has 3 aromatic carbocycles. The minimum atomic E-state index is -1.75. The first-order valence-electron chi connectivity index (χ1n) is 9.16. The Balaban J connectivity index is 2.30. The molecule has 0 radical (unpaired) electrons. The Morgan fingerprint density at radius 2 is 0.962 bits per heavy atom. The highest BCUT2D eigenvalue weighted by Crippen LogP contribution is 2.59. The van der Waals surface area contributed by atoms with Gasteiger partial charge in [0.1, 0.15) is 28.9 Å². The summed E-state index contributed by atoms with van der Waals surface area (Å²) >= 11 is 0. The standard InChI is InChI=1S/C24H28OP/c1-18(2)26(22-12-6-19(3)7-13-22,23-14-8-20(4)9-15-23)24-16-10-21(25-5)11-17-24/h6-18H,1-5H3/q+1. The van der Waals surface area contributed by atoms with Gasteiger partial charge in [-0.15, -0.1) is 0 Å². The molecule has 0 N–H and O–H groups in total. The molecule has 0 amide bonds. The molecule has 0 fully saturated rings. The zero-order valence-corrected chi connectivity index (χ0v) is 17.3. The van der Waals surface area contributed by atoms with Gasteiger partial charge in [0.05, 0.1) is 12.8 Å². The Labute approximate surface area is 158 Å². The molecule has 0 aliphatic carbocycles. The summed E-state index contributed by atoms with van der Waals surface area (Å²) in [6, 6.07) is 27.0. The summed E-state index contributed by atoms with van der Waals surface area (Å²) in [5.74, 6) is 0.906. The molecule has 2 heteroatoms. The highest BCUT2D eigenvalue weighted by atomic mass is 31.2. The third-order valence-corrected chi connectivity index (χ3v) is 10.0. The van der Waals surface area contributed by atoms with Crippen LogP contribution in [0.4, 0.5) is 0 Å². The topological polar surface area (TPSA) is 9.23 Å². The maximum atomic E-state index is 5.40. The van der Waals surface area contributed by atoms with Crippen LogP contribution in [-0.4, -0.2) is 12.8 Å². The van der Waals surface area contributed by atoms with E-state index in [9.17, 15) is 0 Å². The van der Waals surface area contributed by atoms with E-state index in [0.717, 1.165) is 5.75 Å². The summed E-state index contributed by atoms with van der Waals surface area (Å²) in [6.45, 7) is 9.02. The highest BCUT2D eigenvalue weighted by molar-refractivity contribution is 7.96. The molecule has 134 valence electrons. The van der Waals surface area contributed by atoms with Crippen molar-refractivity contribution in [1.82, 2.24) is 0 Å². The molecule has 0 atom stereocenters. The lowest BCUT2D eigenvalue weighted by atomic mass is 10.2. The molecule has 3 aromatic rings. The van der Waals surface area contributed by atoms with Gasteiger partial charge in [0.25, 0.3) is 0 Å². The Kier molecular flexibility index (Phi) is 5.49. The van der Waals surface area contributed by atoms with Gasteiger partial charge in [0.15, 0.2) is 0 Å². The lowest BCUT2D eigenvalue weighted by molar-refractivity contribution is 0.415. The number of methoxy groups -OCH3 is 1. The molecule has 0 unspecified atom stereocenters. The SMILES string of the molecule is COc1ccc([P+](c2ccc(C)cc2)(c2ccc(C)cc2)C(C)C)cc1. The predicted molar refractivity (Wildman–Crippen MR) is 116 cm³/mol. The average Bonchev–Trinajstić information content (AvgIpc) is 2.65. The maximum absolute atomic E-state index is 5.40. The zero-order chi connectivity index (χ0) is 18.7. The zero-order valence-electron chi connectivity index (χ0n) is 16.4. The van der Waals surface area contributed by atoms with Crippen LogP contribution < -0.4 is 20.7 Å². The van der Waals surface area contributed by atoms with Crippen molar-refractivity contribution in [3.8, 4) is 5.75 Å². The van der Waals surface area contributed by atoms with Gasteiger partial charge in [0, 0.05) is 0 Å². The molecule has 26 heavy (non-hydrogen) atoms. The molecule has 0 saturated carbocycles. The van der Waals surface area contributed by atoms with E-state index in [-0.39, 0.29) is 0 Å². The second-order valence-corrected chi connectivity index (χ2v) is 11.2. The van der Waals surface area contributed by atoms with E-state index in [1.165, 1.54) is 27.0 Å². The first-order valence-corrected chi connectivity index (χ1v) is 11.0. The van der Waals surface area contributed by atoms with Crippen molar-refractivity contribution >= 4 is 23.2 Å². The maximum Gasteiger partial charge on any atom is 0.119 e. The fourth-order valence-corrected chi connectivity index (χ4v) is 8.26. The third kappa shape index (κ3) is 3.29. The molecule has 0 heterocycles. The second kappa shape index (κ2) is 7.64. The van der Waals surface area contributed by atoms with Crippen LogP contribution in [0.5, 0.6) is 5.75 Å². The van der Waals surface area contributed by atoms with Gasteiger partial charge in [-0.25, -0.2) is 0 Å². The number of ether oxygens (including phenoxy) is 1. The van der Waals surface area contributed by atoms with Gasteiger partial charge in [-0.05, 0) is 76.2 Å². The monoisotopic (exact) mass is 363 g/mol. The average molecular weight is 363 g/mol. The van der Waals surface area contributed by atoms with Gasteiger partial charge in [-0.2, -0.15) is 0 Å². The summed E-state index contributed by atoms with van der Waals surface area (Å²) in [4.78, 5) is 0. The third-order valence-electron chi connectivity index (χ3n) is 5.14. The minimum Gasteiger partial charge on any atom is -0.497 e. The van der Waals surface area contributed by atoms with Gasteiger partial charge >= 0.3 is 0 Å². The number of benzene rings is 3. The van der Waals surface area contributed by atoms with Crippen molar-refractivity contribution < 1.29 is 4.74 Å². The molecule has 0 bridgehead atoms. The quantitative estimate of drug-likeness (QED) is 0.579. The lowest BCUT2D eigenvalue weighted by Gasteiger charge is -2.31. The van der Waals surface area contributed by atoms with E-state index < -0.39 is 7.26 Å². The number of hydrogen-bond donors (Lipinski definition) is 0. The Hall–Kier alpha value is -2.11. The molecule has 0 aromatic heterocycles. The smallest absolute Gasteiger partial charge is 0.119 e. The number of aryl methyl sites for hydroxylation is 2. The van der Waals surface area contributed by atoms with Gasteiger partial charge in [-0.3, -0.25) is 0 Å². The summed E-state index contributed by atoms with van der Waals surface area (Å²) < 4.78 is 5.40. The van der Waals surface area contributed by atoms with Crippen LogP contribution in [0.3, 0.4) is 0 Å². The van der Waals surface area contributed by atoms with Crippen LogP contribution in [0.1, 0.15) is 25.0 Å². The van der Waals surface area contributed by atoms with E-state index in [4.69, 9.17) is 4.74 Å². The van der Waals surface area contributed by atoms with Crippen LogP contribution >= 0.6 is 7.26 Å². The van der Waals surface area contributed by atoms with E-state index in [1.54, 1.807) is 7.11 Å².